The van der Waals surface area contributed by atoms with Crippen molar-refractivity contribution >= 4 is 27.8 Å². The predicted octanol–water partition coefficient (Wildman–Crippen LogP) is 13.0. The molecule has 1 heteroatoms. The maximum absolute atomic E-state index is 2.40. The highest BCUT2D eigenvalue weighted by molar-refractivity contribution is 5.94. The summed E-state index contributed by atoms with van der Waals surface area (Å²) in [5.41, 5.74) is 12.9. The molecule has 0 aliphatic carbocycles. The number of hydrogen-bond donors (Lipinski definition) is 0. The van der Waals surface area contributed by atoms with Gasteiger partial charge in [-0.3, -0.25) is 0 Å². The quantitative estimate of drug-likeness (QED) is 0.176. The van der Waals surface area contributed by atoms with Crippen molar-refractivity contribution in [3.8, 4) is 44.5 Å². The average Bonchev–Trinajstić information content (AvgIpc) is 3.16. The number of benzene rings is 8. The largest absolute Gasteiger partial charge is 0.309 e. The fourth-order valence-corrected chi connectivity index (χ4v) is 6.52. The Kier molecular flexibility index (Phi) is 7.63. The summed E-state index contributed by atoms with van der Waals surface area (Å²) in [7, 11) is 0. The number of fused-ring (bicyclic) bond motifs is 1. The van der Waals surface area contributed by atoms with Crippen LogP contribution in [-0.2, 0) is 0 Å². The number of para-hydroxylation sites is 2. The highest BCUT2D eigenvalue weighted by Crippen LogP contribution is 2.44. The molecule has 8 aromatic rings. The van der Waals surface area contributed by atoms with E-state index in [1.807, 2.05) is 0 Å². The lowest BCUT2D eigenvalue weighted by Gasteiger charge is -2.30. The van der Waals surface area contributed by atoms with Crippen molar-refractivity contribution in [1.29, 1.82) is 0 Å². The normalized spacial score (nSPS) is 11.0. The number of anilines is 3. The number of nitrogens with zero attached hydrogens (tertiary/aromatic N) is 1. The van der Waals surface area contributed by atoms with E-state index >= 15 is 0 Å². The summed E-state index contributed by atoms with van der Waals surface area (Å²) >= 11 is 0. The molecule has 0 aliphatic rings. The molecule has 0 N–H and O–H groups in total. The van der Waals surface area contributed by atoms with Crippen molar-refractivity contribution in [3.63, 3.8) is 0 Å². The van der Waals surface area contributed by atoms with Gasteiger partial charge in [-0.2, -0.15) is 0 Å². The van der Waals surface area contributed by atoms with Gasteiger partial charge in [0.25, 0.3) is 0 Å². The Morgan fingerprint density at radius 2 is 0.702 bits per heavy atom. The molecule has 0 bridgehead atoms. The molecule has 0 spiro atoms. The van der Waals surface area contributed by atoms with E-state index in [1.165, 1.54) is 55.3 Å². The summed E-state index contributed by atoms with van der Waals surface area (Å²) in [6, 6.07) is 71.8. The second-order valence-electron chi connectivity index (χ2n) is 11.8. The fraction of sp³-hybridized carbons (Fsp3) is 0. The van der Waals surface area contributed by atoms with E-state index in [2.05, 4.69) is 205 Å². The lowest BCUT2D eigenvalue weighted by molar-refractivity contribution is 1.28. The summed E-state index contributed by atoms with van der Waals surface area (Å²) in [4.78, 5) is 2.40. The van der Waals surface area contributed by atoms with Crippen molar-refractivity contribution in [2.45, 2.75) is 0 Å². The SMILES string of the molecule is c1ccc(-c2ccccc2N(c2ccc(-c3cccc(-c4ccc5ccccc5c4)c3)cc2)c2ccccc2-c2ccccc2)cc1. The Hall–Kier alpha value is -6.18. The van der Waals surface area contributed by atoms with Crippen LogP contribution in [-0.4, -0.2) is 0 Å². The van der Waals surface area contributed by atoms with E-state index in [9.17, 15) is 0 Å². The maximum Gasteiger partial charge on any atom is 0.0540 e. The van der Waals surface area contributed by atoms with E-state index in [0.29, 0.717) is 0 Å². The zero-order valence-electron chi connectivity index (χ0n) is 26.0. The molecule has 0 unspecified atom stereocenters. The maximum atomic E-state index is 2.40. The molecule has 0 saturated heterocycles. The van der Waals surface area contributed by atoms with Gasteiger partial charge in [-0.1, -0.05) is 164 Å². The van der Waals surface area contributed by atoms with E-state index in [0.717, 1.165) is 17.1 Å². The van der Waals surface area contributed by atoms with Crippen LogP contribution in [0.3, 0.4) is 0 Å². The minimum absolute atomic E-state index is 1.10. The Morgan fingerprint density at radius 3 is 1.32 bits per heavy atom. The molecule has 0 heterocycles. The van der Waals surface area contributed by atoms with E-state index in [4.69, 9.17) is 0 Å². The summed E-state index contributed by atoms with van der Waals surface area (Å²) in [6.07, 6.45) is 0. The minimum atomic E-state index is 1.10. The average molecular weight is 600 g/mol. The van der Waals surface area contributed by atoms with Crippen molar-refractivity contribution in [1.82, 2.24) is 0 Å². The monoisotopic (exact) mass is 599 g/mol. The van der Waals surface area contributed by atoms with Gasteiger partial charge in [-0.25, -0.2) is 0 Å². The molecule has 222 valence electrons. The molecule has 1 nitrogen and oxygen atoms in total. The highest BCUT2D eigenvalue weighted by atomic mass is 15.1. The van der Waals surface area contributed by atoms with E-state index in [-0.39, 0.29) is 0 Å². The first kappa shape index (κ1) is 28.3. The third kappa shape index (κ3) is 5.72. The molecular weight excluding hydrogens is 567 g/mol. The van der Waals surface area contributed by atoms with Gasteiger partial charge in [0.15, 0.2) is 0 Å². The smallest absolute Gasteiger partial charge is 0.0540 e. The second-order valence-corrected chi connectivity index (χ2v) is 11.8. The Balaban J connectivity index is 1.23. The van der Waals surface area contributed by atoms with Crippen LogP contribution in [0.1, 0.15) is 0 Å². The third-order valence-electron chi connectivity index (χ3n) is 8.86. The lowest BCUT2D eigenvalue weighted by atomic mass is 9.96. The molecule has 8 aromatic carbocycles. The molecule has 47 heavy (non-hydrogen) atoms. The lowest BCUT2D eigenvalue weighted by Crippen LogP contribution is -2.12. The van der Waals surface area contributed by atoms with Crippen LogP contribution in [0, 0.1) is 0 Å². The van der Waals surface area contributed by atoms with E-state index in [1.54, 1.807) is 0 Å². The van der Waals surface area contributed by atoms with Crippen LogP contribution < -0.4 is 4.90 Å². The van der Waals surface area contributed by atoms with Gasteiger partial charge in [0.2, 0.25) is 0 Å². The Morgan fingerprint density at radius 1 is 0.255 bits per heavy atom. The highest BCUT2D eigenvalue weighted by Gasteiger charge is 2.20. The van der Waals surface area contributed by atoms with Gasteiger partial charge in [0.1, 0.15) is 0 Å². The number of rotatable bonds is 7. The van der Waals surface area contributed by atoms with Gasteiger partial charge in [0.05, 0.1) is 11.4 Å². The van der Waals surface area contributed by atoms with Crippen LogP contribution in [0.2, 0.25) is 0 Å². The predicted molar refractivity (Wildman–Crippen MR) is 200 cm³/mol. The van der Waals surface area contributed by atoms with Crippen molar-refractivity contribution < 1.29 is 0 Å². The van der Waals surface area contributed by atoms with Crippen LogP contribution >= 0.6 is 0 Å². The van der Waals surface area contributed by atoms with Crippen LogP contribution in [0.4, 0.5) is 17.1 Å². The van der Waals surface area contributed by atoms with Crippen LogP contribution in [0.25, 0.3) is 55.3 Å². The fourth-order valence-electron chi connectivity index (χ4n) is 6.52. The minimum Gasteiger partial charge on any atom is -0.309 e. The first-order valence-corrected chi connectivity index (χ1v) is 16.1. The van der Waals surface area contributed by atoms with Gasteiger partial charge in [-0.15, -0.1) is 0 Å². The zero-order chi connectivity index (χ0) is 31.4. The van der Waals surface area contributed by atoms with Gasteiger partial charge in [0, 0.05) is 16.8 Å². The molecular formula is C46H33N. The Bertz CT molecular complexity index is 2200. The third-order valence-corrected chi connectivity index (χ3v) is 8.86. The number of hydrogen-bond acceptors (Lipinski definition) is 1. The summed E-state index contributed by atoms with van der Waals surface area (Å²) in [6.45, 7) is 0. The van der Waals surface area contributed by atoms with Gasteiger partial charge in [-0.05, 0) is 80.6 Å². The summed E-state index contributed by atoms with van der Waals surface area (Å²) < 4.78 is 0. The molecule has 8 rings (SSSR count). The van der Waals surface area contributed by atoms with Gasteiger partial charge >= 0.3 is 0 Å². The van der Waals surface area contributed by atoms with Crippen LogP contribution in [0.5, 0.6) is 0 Å². The zero-order valence-corrected chi connectivity index (χ0v) is 26.0. The molecule has 0 amide bonds. The first-order valence-electron chi connectivity index (χ1n) is 16.1. The van der Waals surface area contributed by atoms with Gasteiger partial charge < -0.3 is 4.90 Å². The second kappa shape index (κ2) is 12.7. The molecule has 0 aromatic heterocycles. The van der Waals surface area contributed by atoms with Crippen molar-refractivity contribution in [2.24, 2.45) is 0 Å². The Labute approximate surface area is 276 Å². The summed E-state index contributed by atoms with van der Waals surface area (Å²) in [5, 5.41) is 2.52. The van der Waals surface area contributed by atoms with E-state index < -0.39 is 0 Å². The molecule has 0 atom stereocenters. The summed E-state index contributed by atoms with van der Waals surface area (Å²) in [5.74, 6) is 0. The molecule has 0 fully saturated rings. The molecule has 0 radical (unpaired) electrons. The molecule has 0 saturated carbocycles. The standard InChI is InChI=1S/C46H33N/c1-3-15-36(16-4-1)43-22-9-11-24-45(43)47(46-25-12-10-23-44(46)37-17-5-2-6-18-37)42-30-28-35(29-31-42)39-20-13-21-40(32-39)41-27-26-34-14-7-8-19-38(34)33-41/h1-33H. The molecule has 0 aliphatic heterocycles. The first-order chi connectivity index (χ1) is 23.3. The van der Waals surface area contributed by atoms with Crippen LogP contribution in [0.15, 0.2) is 200 Å². The van der Waals surface area contributed by atoms with Crippen molar-refractivity contribution in [3.05, 3.63) is 200 Å². The van der Waals surface area contributed by atoms with Crippen molar-refractivity contribution in [2.75, 3.05) is 4.90 Å². The topological polar surface area (TPSA) is 3.24 Å².